The summed E-state index contributed by atoms with van der Waals surface area (Å²) in [6.07, 6.45) is 0. The Kier molecular flexibility index (Phi) is 4.79. The molecule has 0 bridgehead atoms. The van der Waals surface area contributed by atoms with Gasteiger partial charge in [0.25, 0.3) is 5.56 Å². The molecular formula is C19H17FN2O3. The van der Waals surface area contributed by atoms with Crippen LogP contribution in [0.3, 0.4) is 0 Å². The Morgan fingerprint density at radius 1 is 1.00 bits per heavy atom. The zero-order valence-corrected chi connectivity index (χ0v) is 13.9. The second-order valence-corrected chi connectivity index (χ2v) is 5.41. The Morgan fingerprint density at radius 2 is 1.76 bits per heavy atom. The summed E-state index contributed by atoms with van der Waals surface area (Å²) in [5, 5.41) is 4.39. The highest BCUT2D eigenvalue weighted by molar-refractivity contribution is 5.66. The summed E-state index contributed by atoms with van der Waals surface area (Å²) in [7, 11) is 3.06. The zero-order chi connectivity index (χ0) is 17.8. The first-order valence-corrected chi connectivity index (χ1v) is 7.65. The van der Waals surface area contributed by atoms with Gasteiger partial charge in [-0.25, -0.2) is 9.07 Å². The van der Waals surface area contributed by atoms with E-state index in [0.717, 1.165) is 11.3 Å². The van der Waals surface area contributed by atoms with Crippen molar-refractivity contribution in [2.45, 2.75) is 6.54 Å². The van der Waals surface area contributed by atoms with Gasteiger partial charge in [0, 0.05) is 17.7 Å². The molecule has 128 valence electrons. The number of aromatic nitrogens is 2. The van der Waals surface area contributed by atoms with Crippen LogP contribution in [0.25, 0.3) is 11.3 Å². The number of methoxy groups -OCH3 is 2. The van der Waals surface area contributed by atoms with Crippen molar-refractivity contribution in [2.75, 3.05) is 14.2 Å². The fraction of sp³-hybridized carbons (Fsp3) is 0.158. The van der Waals surface area contributed by atoms with Gasteiger partial charge in [0.15, 0.2) is 0 Å². The number of ether oxygens (including phenoxy) is 2. The maximum Gasteiger partial charge on any atom is 0.267 e. The number of benzene rings is 2. The first-order valence-electron chi connectivity index (χ1n) is 7.65. The SMILES string of the molecule is COc1ccc(Cn2nc(-c3ccc(F)cc3OC)ccc2=O)cc1. The molecule has 0 aliphatic heterocycles. The van der Waals surface area contributed by atoms with Gasteiger partial charge in [0.1, 0.15) is 17.3 Å². The number of rotatable bonds is 5. The molecule has 0 aliphatic rings. The zero-order valence-electron chi connectivity index (χ0n) is 13.9. The number of hydrogen-bond donors (Lipinski definition) is 0. The number of nitrogens with zero attached hydrogens (tertiary/aromatic N) is 2. The maximum absolute atomic E-state index is 13.4. The number of halogens is 1. The van der Waals surface area contributed by atoms with E-state index in [4.69, 9.17) is 9.47 Å². The van der Waals surface area contributed by atoms with Gasteiger partial charge in [-0.05, 0) is 35.9 Å². The molecule has 0 radical (unpaired) electrons. The Hall–Kier alpha value is -3.15. The van der Waals surface area contributed by atoms with Crippen LogP contribution in [0.4, 0.5) is 4.39 Å². The van der Waals surface area contributed by atoms with Crippen LogP contribution in [0.15, 0.2) is 59.4 Å². The summed E-state index contributed by atoms with van der Waals surface area (Å²) in [6, 6.07) is 14.6. The van der Waals surface area contributed by atoms with Crippen molar-refractivity contribution >= 4 is 0 Å². The van der Waals surface area contributed by atoms with Crippen molar-refractivity contribution < 1.29 is 13.9 Å². The van der Waals surface area contributed by atoms with E-state index in [0.29, 0.717) is 23.6 Å². The maximum atomic E-state index is 13.4. The molecule has 3 rings (SSSR count). The van der Waals surface area contributed by atoms with E-state index >= 15 is 0 Å². The van der Waals surface area contributed by atoms with E-state index in [1.165, 1.54) is 30.0 Å². The summed E-state index contributed by atoms with van der Waals surface area (Å²) in [5.74, 6) is 0.711. The van der Waals surface area contributed by atoms with Crippen LogP contribution in [0.5, 0.6) is 11.5 Å². The van der Waals surface area contributed by atoms with Gasteiger partial charge in [0.2, 0.25) is 0 Å². The van der Waals surface area contributed by atoms with E-state index in [-0.39, 0.29) is 5.56 Å². The standard InChI is InChI=1S/C19H17FN2O3/c1-24-15-6-3-13(4-7-15)12-22-19(23)10-9-17(21-22)16-8-5-14(20)11-18(16)25-2/h3-11H,12H2,1-2H3. The lowest BCUT2D eigenvalue weighted by Crippen LogP contribution is -2.22. The molecular weight excluding hydrogens is 323 g/mol. The van der Waals surface area contributed by atoms with E-state index in [2.05, 4.69) is 5.10 Å². The van der Waals surface area contributed by atoms with Crippen molar-refractivity contribution in [1.82, 2.24) is 9.78 Å². The largest absolute Gasteiger partial charge is 0.497 e. The molecule has 0 N–H and O–H groups in total. The van der Waals surface area contributed by atoms with E-state index < -0.39 is 5.82 Å². The van der Waals surface area contributed by atoms with Gasteiger partial charge in [-0.2, -0.15) is 5.10 Å². The molecule has 3 aromatic rings. The van der Waals surface area contributed by atoms with Crippen LogP contribution >= 0.6 is 0 Å². The molecule has 0 atom stereocenters. The third-order valence-electron chi connectivity index (χ3n) is 3.80. The smallest absolute Gasteiger partial charge is 0.267 e. The third kappa shape index (κ3) is 3.68. The van der Waals surface area contributed by atoms with Gasteiger partial charge < -0.3 is 9.47 Å². The fourth-order valence-corrected chi connectivity index (χ4v) is 2.49. The number of hydrogen-bond acceptors (Lipinski definition) is 4. The van der Waals surface area contributed by atoms with E-state index in [1.807, 2.05) is 24.3 Å². The molecule has 2 aromatic carbocycles. The lowest BCUT2D eigenvalue weighted by molar-refractivity contribution is 0.412. The highest BCUT2D eigenvalue weighted by Gasteiger charge is 2.10. The molecule has 0 saturated carbocycles. The predicted molar refractivity (Wildman–Crippen MR) is 92.5 cm³/mol. The molecule has 0 fully saturated rings. The Labute approximate surface area is 144 Å². The van der Waals surface area contributed by atoms with Gasteiger partial charge in [-0.3, -0.25) is 4.79 Å². The molecule has 0 amide bonds. The fourth-order valence-electron chi connectivity index (χ4n) is 2.49. The lowest BCUT2D eigenvalue weighted by Gasteiger charge is -2.11. The summed E-state index contributed by atoms with van der Waals surface area (Å²) >= 11 is 0. The van der Waals surface area contributed by atoms with Crippen molar-refractivity contribution in [3.05, 3.63) is 76.3 Å². The summed E-state index contributed by atoms with van der Waals surface area (Å²) in [6.45, 7) is 0.320. The molecule has 0 saturated heterocycles. The highest BCUT2D eigenvalue weighted by atomic mass is 19.1. The van der Waals surface area contributed by atoms with Gasteiger partial charge >= 0.3 is 0 Å². The molecule has 0 aliphatic carbocycles. The van der Waals surface area contributed by atoms with Crippen LogP contribution in [0, 0.1) is 5.82 Å². The van der Waals surface area contributed by atoms with Crippen LogP contribution in [-0.2, 0) is 6.54 Å². The van der Waals surface area contributed by atoms with E-state index in [1.54, 1.807) is 19.2 Å². The monoisotopic (exact) mass is 340 g/mol. The first-order chi connectivity index (χ1) is 12.1. The quantitative estimate of drug-likeness (QED) is 0.716. The predicted octanol–water partition coefficient (Wildman–Crippen LogP) is 3.11. The minimum atomic E-state index is -0.396. The van der Waals surface area contributed by atoms with Crippen LogP contribution < -0.4 is 15.0 Å². The minimum Gasteiger partial charge on any atom is -0.497 e. The van der Waals surface area contributed by atoms with Crippen molar-refractivity contribution in [1.29, 1.82) is 0 Å². The second kappa shape index (κ2) is 7.17. The molecule has 25 heavy (non-hydrogen) atoms. The van der Waals surface area contributed by atoms with Crippen LogP contribution in [-0.4, -0.2) is 24.0 Å². The Balaban J connectivity index is 1.96. The summed E-state index contributed by atoms with van der Waals surface area (Å²) < 4.78 is 25.1. The Bertz CT molecular complexity index is 936. The van der Waals surface area contributed by atoms with Crippen molar-refractivity contribution in [2.24, 2.45) is 0 Å². The Morgan fingerprint density at radius 3 is 2.44 bits per heavy atom. The van der Waals surface area contributed by atoms with E-state index in [9.17, 15) is 9.18 Å². The van der Waals surface area contributed by atoms with Crippen molar-refractivity contribution in [3.63, 3.8) is 0 Å². The van der Waals surface area contributed by atoms with Gasteiger partial charge in [-0.1, -0.05) is 12.1 Å². The molecule has 1 aromatic heterocycles. The molecule has 5 nitrogen and oxygen atoms in total. The van der Waals surface area contributed by atoms with Crippen LogP contribution in [0.1, 0.15) is 5.56 Å². The molecule has 0 unspecified atom stereocenters. The topological polar surface area (TPSA) is 53.4 Å². The molecule has 1 heterocycles. The summed E-state index contributed by atoms with van der Waals surface area (Å²) in [5.41, 5.74) is 1.84. The second-order valence-electron chi connectivity index (χ2n) is 5.41. The normalized spacial score (nSPS) is 10.5. The average Bonchev–Trinajstić information content (AvgIpc) is 2.64. The minimum absolute atomic E-state index is 0.222. The van der Waals surface area contributed by atoms with Gasteiger partial charge in [-0.15, -0.1) is 0 Å². The van der Waals surface area contributed by atoms with Crippen molar-refractivity contribution in [3.8, 4) is 22.8 Å². The molecule has 0 spiro atoms. The van der Waals surface area contributed by atoms with Crippen LogP contribution in [0.2, 0.25) is 0 Å². The average molecular weight is 340 g/mol. The molecule has 6 heteroatoms. The highest BCUT2D eigenvalue weighted by Crippen LogP contribution is 2.28. The summed E-state index contributed by atoms with van der Waals surface area (Å²) in [4.78, 5) is 12.1. The van der Waals surface area contributed by atoms with Gasteiger partial charge in [0.05, 0.1) is 26.5 Å². The lowest BCUT2D eigenvalue weighted by atomic mass is 10.1. The third-order valence-corrected chi connectivity index (χ3v) is 3.80. The first kappa shape index (κ1) is 16.7.